The third-order valence-electron chi connectivity index (χ3n) is 3.06. The molecule has 1 saturated heterocycles. The average Bonchev–Trinajstić information content (AvgIpc) is 2.30. The number of esters is 1. The Bertz CT molecular complexity index is 478. The van der Waals surface area contributed by atoms with Crippen LogP contribution in [0.1, 0.15) is 53.9 Å². The van der Waals surface area contributed by atoms with Gasteiger partial charge in [0.05, 0.1) is 6.61 Å². The van der Waals surface area contributed by atoms with E-state index in [0.29, 0.717) is 6.42 Å². The number of carbonyl (C=O) groups excluding carboxylic acids is 2. The van der Waals surface area contributed by atoms with Gasteiger partial charge in [-0.15, -0.1) is 0 Å². The van der Waals surface area contributed by atoms with Crippen LogP contribution in [0.25, 0.3) is 0 Å². The van der Waals surface area contributed by atoms with Gasteiger partial charge in [-0.05, 0) is 27.2 Å². The highest BCUT2D eigenvalue weighted by molar-refractivity contribution is 7.47. The van der Waals surface area contributed by atoms with Gasteiger partial charge in [0, 0.05) is 18.3 Å². The van der Waals surface area contributed by atoms with Crippen LogP contribution in [0.5, 0.6) is 0 Å². The number of carbonyl (C=O) groups is 2. The predicted octanol–water partition coefficient (Wildman–Crippen LogP) is 2.61. The summed E-state index contributed by atoms with van der Waals surface area (Å²) >= 11 is 0. The van der Waals surface area contributed by atoms with Gasteiger partial charge in [-0.2, -0.15) is 0 Å². The van der Waals surface area contributed by atoms with Gasteiger partial charge in [0.25, 0.3) is 0 Å². The summed E-state index contributed by atoms with van der Waals surface area (Å²) in [5, 5.41) is 0. The van der Waals surface area contributed by atoms with E-state index >= 15 is 0 Å². The Labute approximate surface area is 130 Å². The maximum Gasteiger partial charge on any atom is 0.472 e. The molecule has 1 rings (SSSR count). The van der Waals surface area contributed by atoms with E-state index in [1.54, 1.807) is 34.6 Å². The van der Waals surface area contributed by atoms with Gasteiger partial charge in [-0.1, -0.05) is 13.8 Å². The molecule has 128 valence electrons. The number of phosphoric ester groups is 1. The van der Waals surface area contributed by atoms with E-state index in [1.165, 1.54) is 0 Å². The van der Waals surface area contributed by atoms with Crippen molar-refractivity contribution >= 4 is 19.6 Å². The SMILES string of the molecule is CC(C)(C)OC(=O)CCCC(=O)[C@@H]1OP(=O)(O)OCC1(C)C. The number of rotatable bonds is 5. The lowest BCUT2D eigenvalue weighted by molar-refractivity contribution is -0.155. The molecule has 8 heteroatoms. The summed E-state index contributed by atoms with van der Waals surface area (Å²) in [5.41, 5.74) is -1.25. The smallest absolute Gasteiger partial charge is 0.460 e. The molecule has 1 N–H and O–H groups in total. The highest BCUT2D eigenvalue weighted by atomic mass is 31.2. The molecule has 0 spiro atoms. The monoisotopic (exact) mass is 336 g/mol. The van der Waals surface area contributed by atoms with Crippen molar-refractivity contribution in [3.8, 4) is 0 Å². The second kappa shape index (κ2) is 6.79. The number of ketones is 1. The molecule has 0 aromatic carbocycles. The first-order valence-corrected chi connectivity index (χ1v) is 8.72. The Kier molecular flexibility index (Phi) is 5.95. The van der Waals surface area contributed by atoms with Crippen LogP contribution >= 0.6 is 7.82 Å². The minimum atomic E-state index is -4.17. The van der Waals surface area contributed by atoms with Crippen molar-refractivity contribution in [1.29, 1.82) is 0 Å². The molecule has 1 aliphatic rings. The number of Topliss-reactive ketones (excluding diaryl/α,β-unsaturated/α-hetero) is 1. The Morgan fingerprint density at radius 3 is 2.45 bits per heavy atom. The van der Waals surface area contributed by atoms with Gasteiger partial charge in [-0.25, -0.2) is 4.57 Å². The summed E-state index contributed by atoms with van der Waals surface area (Å²) in [6, 6.07) is 0. The minimum Gasteiger partial charge on any atom is -0.460 e. The van der Waals surface area contributed by atoms with Crippen LogP contribution < -0.4 is 0 Å². The molecule has 1 unspecified atom stereocenters. The topological polar surface area (TPSA) is 99.1 Å². The van der Waals surface area contributed by atoms with Crippen LogP contribution in [0.3, 0.4) is 0 Å². The number of hydrogen-bond acceptors (Lipinski definition) is 6. The molecule has 0 bridgehead atoms. The molecular weight excluding hydrogens is 311 g/mol. The number of phosphoric acid groups is 1. The highest BCUT2D eigenvalue weighted by Gasteiger charge is 2.46. The largest absolute Gasteiger partial charge is 0.472 e. The van der Waals surface area contributed by atoms with E-state index in [-0.39, 0.29) is 31.2 Å². The number of hydrogen-bond donors (Lipinski definition) is 1. The van der Waals surface area contributed by atoms with Crippen molar-refractivity contribution < 1.29 is 32.8 Å². The van der Waals surface area contributed by atoms with Gasteiger partial charge in [0.2, 0.25) is 0 Å². The van der Waals surface area contributed by atoms with E-state index in [0.717, 1.165) is 0 Å². The summed E-state index contributed by atoms with van der Waals surface area (Å²) in [6.45, 7) is 8.72. The first-order valence-electron chi connectivity index (χ1n) is 7.23. The van der Waals surface area contributed by atoms with E-state index in [1.807, 2.05) is 0 Å². The van der Waals surface area contributed by atoms with E-state index < -0.39 is 24.9 Å². The summed E-state index contributed by atoms with van der Waals surface area (Å²) in [7, 11) is -4.17. The molecule has 0 aromatic heterocycles. The zero-order valence-corrected chi connectivity index (χ0v) is 14.6. The molecule has 1 fully saturated rings. The van der Waals surface area contributed by atoms with Crippen LogP contribution in [0, 0.1) is 5.41 Å². The fourth-order valence-electron chi connectivity index (χ4n) is 2.06. The fourth-order valence-corrected chi connectivity index (χ4v) is 3.28. The molecule has 2 atom stereocenters. The lowest BCUT2D eigenvalue weighted by Gasteiger charge is -2.38. The Morgan fingerprint density at radius 1 is 1.32 bits per heavy atom. The van der Waals surface area contributed by atoms with Gasteiger partial charge >= 0.3 is 13.8 Å². The van der Waals surface area contributed by atoms with Crippen molar-refractivity contribution in [2.45, 2.75) is 65.6 Å². The van der Waals surface area contributed by atoms with E-state index in [9.17, 15) is 19.0 Å². The molecule has 0 radical (unpaired) electrons. The second-order valence-corrected chi connectivity index (χ2v) is 8.53. The Morgan fingerprint density at radius 2 is 1.91 bits per heavy atom. The summed E-state index contributed by atoms with van der Waals surface area (Å²) in [6.07, 6.45) is -0.521. The third-order valence-corrected chi connectivity index (χ3v) is 4.00. The Hall–Kier alpha value is -0.750. The zero-order valence-electron chi connectivity index (χ0n) is 13.7. The average molecular weight is 336 g/mol. The van der Waals surface area contributed by atoms with Crippen molar-refractivity contribution in [2.75, 3.05) is 6.61 Å². The molecular formula is C14H25O7P. The standard InChI is InChI=1S/C14H25O7P/c1-13(2,3)20-11(16)8-6-7-10(15)12-14(4,5)9-19-22(17,18)21-12/h12H,6-9H2,1-5H3,(H,17,18)/t12-/m0/s1. The Balaban J connectivity index is 2.50. The van der Waals surface area contributed by atoms with E-state index in [2.05, 4.69) is 0 Å². The van der Waals surface area contributed by atoms with Gasteiger partial charge < -0.3 is 9.63 Å². The van der Waals surface area contributed by atoms with Gasteiger partial charge in [0.1, 0.15) is 11.7 Å². The molecule has 0 aliphatic carbocycles. The molecule has 0 amide bonds. The third kappa shape index (κ3) is 6.16. The first-order chi connectivity index (χ1) is 9.82. The highest BCUT2D eigenvalue weighted by Crippen LogP contribution is 2.53. The molecule has 1 heterocycles. The molecule has 22 heavy (non-hydrogen) atoms. The number of ether oxygens (including phenoxy) is 1. The zero-order chi connectivity index (χ0) is 17.2. The van der Waals surface area contributed by atoms with Crippen LogP contribution in [-0.4, -0.2) is 35.0 Å². The van der Waals surface area contributed by atoms with Crippen molar-refractivity contribution in [3.05, 3.63) is 0 Å². The molecule has 7 nitrogen and oxygen atoms in total. The minimum absolute atomic E-state index is 0.0384. The molecule has 0 aromatic rings. The molecule has 1 aliphatic heterocycles. The van der Waals surface area contributed by atoms with Crippen molar-refractivity contribution in [2.24, 2.45) is 5.41 Å². The lowest BCUT2D eigenvalue weighted by Crippen LogP contribution is -2.44. The normalized spacial score (nSPS) is 28.2. The van der Waals surface area contributed by atoms with Crippen LogP contribution in [0.2, 0.25) is 0 Å². The maximum atomic E-state index is 12.2. The van der Waals surface area contributed by atoms with Gasteiger partial charge in [-0.3, -0.25) is 18.6 Å². The van der Waals surface area contributed by atoms with E-state index in [4.69, 9.17) is 13.8 Å². The van der Waals surface area contributed by atoms with Crippen molar-refractivity contribution in [1.82, 2.24) is 0 Å². The summed E-state index contributed by atoms with van der Waals surface area (Å²) < 4.78 is 26.2. The van der Waals surface area contributed by atoms with Crippen LogP contribution in [0.4, 0.5) is 0 Å². The summed E-state index contributed by atoms with van der Waals surface area (Å²) in [4.78, 5) is 33.1. The van der Waals surface area contributed by atoms with Crippen LogP contribution in [0.15, 0.2) is 0 Å². The van der Waals surface area contributed by atoms with Crippen LogP contribution in [-0.2, 0) is 27.9 Å². The second-order valence-electron chi connectivity index (χ2n) is 7.12. The predicted molar refractivity (Wildman–Crippen MR) is 79.1 cm³/mol. The summed E-state index contributed by atoms with van der Waals surface area (Å²) in [5.74, 6) is -0.689. The quantitative estimate of drug-likeness (QED) is 0.608. The van der Waals surface area contributed by atoms with Gasteiger partial charge in [0.15, 0.2) is 5.78 Å². The maximum absolute atomic E-state index is 12.2. The molecule has 0 saturated carbocycles. The first kappa shape index (κ1) is 19.3. The fraction of sp³-hybridized carbons (Fsp3) is 0.857. The van der Waals surface area contributed by atoms with Crippen molar-refractivity contribution in [3.63, 3.8) is 0 Å². The lowest BCUT2D eigenvalue weighted by atomic mass is 9.84.